The minimum absolute atomic E-state index is 0.00302. The van der Waals surface area contributed by atoms with E-state index in [2.05, 4.69) is 15.0 Å². The smallest absolute Gasteiger partial charge is 0.337 e. The molecule has 4 rings (SSSR count). The van der Waals surface area contributed by atoms with E-state index in [0.29, 0.717) is 28.0 Å². The molecule has 4 aromatic rings. The summed E-state index contributed by atoms with van der Waals surface area (Å²) in [4.78, 5) is 54.2. The number of amides is 1. The van der Waals surface area contributed by atoms with Gasteiger partial charge in [0.2, 0.25) is 5.91 Å². The molecule has 0 fully saturated rings. The van der Waals surface area contributed by atoms with E-state index >= 15 is 0 Å². The number of benzene rings is 2. The molecule has 1 N–H and O–H groups in total. The highest BCUT2D eigenvalue weighted by Crippen LogP contribution is 2.24. The Balaban J connectivity index is 1.62. The molecule has 0 unspecified atom stereocenters. The Labute approximate surface area is 214 Å². The summed E-state index contributed by atoms with van der Waals surface area (Å²) in [5, 5.41) is 3.76. The van der Waals surface area contributed by atoms with Crippen LogP contribution in [-0.2, 0) is 30.2 Å². The molecule has 0 saturated heterocycles. The maximum Gasteiger partial charge on any atom is 0.337 e. The Kier molecular flexibility index (Phi) is 7.32. The van der Waals surface area contributed by atoms with Gasteiger partial charge < -0.3 is 14.6 Å². The van der Waals surface area contributed by atoms with Gasteiger partial charge in [-0.3, -0.25) is 18.7 Å². The number of esters is 1. The molecule has 36 heavy (non-hydrogen) atoms. The fraction of sp³-hybridized carbons (Fsp3) is 0.208. The lowest BCUT2D eigenvalue weighted by atomic mass is 10.2. The van der Waals surface area contributed by atoms with Crippen LogP contribution >= 0.6 is 23.4 Å². The van der Waals surface area contributed by atoms with Crippen LogP contribution in [0.2, 0.25) is 5.02 Å². The topological polar surface area (TPSA) is 117 Å². The quantitative estimate of drug-likeness (QED) is 0.290. The van der Waals surface area contributed by atoms with Crippen molar-refractivity contribution in [3.8, 4) is 0 Å². The van der Waals surface area contributed by atoms with Crippen LogP contribution in [-0.4, -0.2) is 43.4 Å². The molecule has 0 saturated carbocycles. The standard InChI is InChI=1S/C24H22ClN5O5S/c1-28-20-19(21(32)29(2)24(28)34)30(12-14-4-8-16(25)9-5-14)23(27-20)36-13-18(31)26-17-10-6-15(7-11-17)22(33)35-3/h4-11H,12-13H2,1-3H3,(H,26,31). The maximum atomic E-state index is 13.0. The minimum atomic E-state index is -0.492. The van der Waals surface area contributed by atoms with Crippen molar-refractivity contribution in [1.82, 2.24) is 18.7 Å². The Bertz CT molecular complexity index is 1570. The van der Waals surface area contributed by atoms with Crippen LogP contribution in [0, 0.1) is 0 Å². The van der Waals surface area contributed by atoms with E-state index in [9.17, 15) is 19.2 Å². The minimum Gasteiger partial charge on any atom is -0.465 e. The van der Waals surface area contributed by atoms with Crippen LogP contribution in [0.4, 0.5) is 5.69 Å². The molecule has 186 valence electrons. The molecule has 12 heteroatoms. The normalized spacial score (nSPS) is 11.0. The monoisotopic (exact) mass is 527 g/mol. The summed E-state index contributed by atoms with van der Waals surface area (Å²) in [7, 11) is 4.25. The van der Waals surface area contributed by atoms with Crippen molar-refractivity contribution in [3.05, 3.63) is 85.5 Å². The first-order valence-electron chi connectivity index (χ1n) is 10.7. The lowest BCUT2D eigenvalue weighted by molar-refractivity contribution is -0.113. The summed E-state index contributed by atoms with van der Waals surface area (Å²) < 4.78 is 8.71. The summed E-state index contributed by atoms with van der Waals surface area (Å²) in [6.45, 7) is 0.292. The van der Waals surface area contributed by atoms with Crippen molar-refractivity contribution in [1.29, 1.82) is 0 Å². The first kappa shape index (κ1) is 25.3. The number of carbonyl (C=O) groups excluding carboxylic acids is 2. The van der Waals surface area contributed by atoms with Crippen LogP contribution in [0.3, 0.4) is 0 Å². The van der Waals surface area contributed by atoms with E-state index in [1.165, 1.54) is 18.7 Å². The zero-order valence-corrected chi connectivity index (χ0v) is 21.2. The molecule has 2 aromatic heterocycles. The van der Waals surface area contributed by atoms with Gasteiger partial charge in [-0.15, -0.1) is 0 Å². The predicted octanol–water partition coefficient (Wildman–Crippen LogP) is 2.65. The molecule has 0 aliphatic heterocycles. The zero-order chi connectivity index (χ0) is 26.0. The molecule has 0 radical (unpaired) electrons. The number of thioether (sulfide) groups is 1. The van der Waals surface area contributed by atoms with Crippen LogP contribution in [0.5, 0.6) is 0 Å². The largest absolute Gasteiger partial charge is 0.465 e. The van der Waals surface area contributed by atoms with Crippen LogP contribution < -0.4 is 16.6 Å². The molecule has 1 amide bonds. The molecule has 0 bridgehead atoms. The van der Waals surface area contributed by atoms with Crippen molar-refractivity contribution < 1.29 is 14.3 Å². The Morgan fingerprint density at radius 1 is 1.03 bits per heavy atom. The van der Waals surface area contributed by atoms with E-state index in [-0.39, 0.29) is 22.8 Å². The fourth-order valence-electron chi connectivity index (χ4n) is 3.59. The third-order valence-corrected chi connectivity index (χ3v) is 6.72. The number of aryl methyl sites for hydroxylation is 1. The number of nitrogens with zero attached hydrogens (tertiary/aromatic N) is 4. The van der Waals surface area contributed by atoms with Gasteiger partial charge in [-0.1, -0.05) is 35.5 Å². The van der Waals surface area contributed by atoms with Gasteiger partial charge in [0.05, 0.1) is 25.0 Å². The van der Waals surface area contributed by atoms with Gasteiger partial charge in [0, 0.05) is 24.8 Å². The summed E-state index contributed by atoms with van der Waals surface area (Å²) in [6, 6.07) is 13.5. The number of carbonyl (C=O) groups is 2. The van der Waals surface area contributed by atoms with Crippen molar-refractivity contribution in [2.24, 2.45) is 14.1 Å². The molecule has 10 nitrogen and oxygen atoms in total. The van der Waals surface area contributed by atoms with Gasteiger partial charge in [-0.2, -0.15) is 0 Å². The average molecular weight is 528 g/mol. The van der Waals surface area contributed by atoms with E-state index in [0.717, 1.165) is 21.9 Å². The Morgan fingerprint density at radius 3 is 2.33 bits per heavy atom. The predicted molar refractivity (Wildman–Crippen MR) is 138 cm³/mol. The second-order valence-corrected chi connectivity index (χ2v) is 9.27. The first-order chi connectivity index (χ1) is 17.2. The van der Waals surface area contributed by atoms with Crippen molar-refractivity contribution >= 4 is 52.1 Å². The van der Waals surface area contributed by atoms with E-state index in [1.54, 1.807) is 48.0 Å². The van der Waals surface area contributed by atoms with Gasteiger partial charge >= 0.3 is 11.7 Å². The SMILES string of the molecule is COC(=O)c1ccc(NC(=O)CSc2nc3c(c(=O)n(C)c(=O)n3C)n2Cc2ccc(Cl)cc2)cc1. The maximum absolute atomic E-state index is 13.0. The number of methoxy groups -OCH3 is 1. The molecule has 0 aliphatic carbocycles. The molecular formula is C24H22ClN5O5S. The number of imidazole rings is 1. The molecule has 0 aliphatic rings. The third-order valence-electron chi connectivity index (χ3n) is 5.49. The van der Waals surface area contributed by atoms with Gasteiger partial charge in [0.15, 0.2) is 16.3 Å². The molecule has 2 heterocycles. The van der Waals surface area contributed by atoms with Crippen molar-refractivity contribution in [2.75, 3.05) is 18.2 Å². The molecule has 0 atom stereocenters. The first-order valence-corrected chi connectivity index (χ1v) is 12.1. The highest BCUT2D eigenvalue weighted by atomic mass is 35.5. The number of nitrogens with one attached hydrogen (secondary N) is 1. The summed E-state index contributed by atoms with van der Waals surface area (Å²) in [5.74, 6) is -0.780. The summed E-state index contributed by atoms with van der Waals surface area (Å²) >= 11 is 7.14. The number of anilines is 1. The molecular weight excluding hydrogens is 506 g/mol. The number of aromatic nitrogens is 4. The van der Waals surface area contributed by atoms with Gasteiger partial charge in [-0.25, -0.2) is 14.6 Å². The number of rotatable bonds is 7. The Hall–Kier alpha value is -3.83. The van der Waals surface area contributed by atoms with Crippen molar-refractivity contribution in [3.63, 3.8) is 0 Å². The van der Waals surface area contributed by atoms with E-state index < -0.39 is 17.2 Å². The average Bonchev–Trinajstić information content (AvgIpc) is 3.24. The van der Waals surface area contributed by atoms with Crippen molar-refractivity contribution in [2.45, 2.75) is 11.7 Å². The van der Waals surface area contributed by atoms with Crippen LogP contribution in [0.15, 0.2) is 63.3 Å². The van der Waals surface area contributed by atoms with Gasteiger partial charge in [-0.05, 0) is 42.0 Å². The second-order valence-electron chi connectivity index (χ2n) is 7.89. The summed E-state index contributed by atoms with van der Waals surface area (Å²) in [5.41, 5.74) is 1.28. The second kappa shape index (κ2) is 10.4. The van der Waals surface area contributed by atoms with E-state index in [1.807, 2.05) is 12.1 Å². The lowest BCUT2D eigenvalue weighted by Gasteiger charge is -2.10. The Morgan fingerprint density at radius 2 is 1.69 bits per heavy atom. The zero-order valence-electron chi connectivity index (χ0n) is 19.6. The van der Waals surface area contributed by atoms with Crippen LogP contribution in [0.1, 0.15) is 15.9 Å². The van der Waals surface area contributed by atoms with E-state index in [4.69, 9.17) is 11.6 Å². The molecule has 2 aromatic carbocycles. The fourth-order valence-corrected chi connectivity index (χ4v) is 4.51. The highest BCUT2D eigenvalue weighted by Gasteiger charge is 2.20. The number of fused-ring (bicyclic) bond motifs is 1. The number of halogens is 1. The van der Waals surface area contributed by atoms with Crippen LogP contribution in [0.25, 0.3) is 11.2 Å². The molecule has 0 spiro atoms. The number of hydrogen-bond acceptors (Lipinski definition) is 7. The number of hydrogen-bond donors (Lipinski definition) is 1. The van der Waals surface area contributed by atoms with Gasteiger partial charge in [0.25, 0.3) is 5.56 Å². The third kappa shape index (κ3) is 5.07. The highest BCUT2D eigenvalue weighted by molar-refractivity contribution is 7.99. The number of ether oxygens (including phenoxy) is 1. The lowest BCUT2D eigenvalue weighted by Crippen LogP contribution is -2.37. The summed E-state index contributed by atoms with van der Waals surface area (Å²) in [6.07, 6.45) is 0. The van der Waals surface area contributed by atoms with Gasteiger partial charge in [0.1, 0.15) is 0 Å².